The molecule has 12 nitrogen and oxygen atoms in total. The van der Waals surface area contributed by atoms with Crippen molar-refractivity contribution >= 4 is 38.6 Å². The average molecular weight is 622 g/mol. The van der Waals surface area contributed by atoms with Crippen LogP contribution < -0.4 is 9.62 Å². The number of carbonyl (C=O) groups is 1. The Morgan fingerprint density at radius 1 is 1.10 bits per heavy atom. The number of urea groups is 1. The van der Waals surface area contributed by atoms with Gasteiger partial charge in [0, 0.05) is 32.4 Å². The van der Waals surface area contributed by atoms with Crippen LogP contribution in [-0.4, -0.2) is 101 Å². The molecule has 2 aliphatic carbocycles. The summed E-state index contributed by atoms with van der Waals surface area (Å²) < 4.78 is 71.3. The first-order valence-electron chi connectivity index (χ1n) is 13.5. The summed E-state index contributed by atoms with van der Waals surface area (Å²) in [5.41, 5.74) is -0.628. The van der Waals surface area contributed by atoms with Gasteiger partial charge in [0.1, 0.15) is 22.0 Å². The minimum atomic E-state index is -4.13. The van der Waals surface area contributed by atoms with Gasteiger partial charge < -0.3 is 14.7 Å². The highest BCUT2D eigenvalue weighted by Crippen LogP contribution is 2.49. The second-order valence-electron chi connectivity index (χ2n) is 11.5. The number of alkyl halides is 3. The Labute approximate surface area is 242 Å². The lowest BCUT2D eigenvalue weighted by Gasteiger charge is -2.44. The fraction of sp³-hybridized carbons (Fsp3) is 0.560. The smallest absolute Gasteiger partial charge is 0.320 e. The molecule has 4 aliphatic rings. The number of imidazole rings is 1. The van der Waals surface area contributed by atoms with Crippen molar-refractivity contribution in [3.05, 3.63) is 23.5 Å². The number of fused-ring (bicyclic) bond motifs is 1. The molecule has 42 heavy (non-hydrogen) atoms. The van der Waals surface area contributed by atoms with Crippen molar-refractivity contribution in [2.75, 3.05) is 50.8 Å². The molecule has 3 aromatic heterocycles. The molecule has 2 saturated carbocycles. The van der Waals surface area contributed by atoms with E-state index in [0.717, 1.165) is 4.90 Å². The molecule has 0 aromatic carbocycles. The molecule has 0 radical (unpaired) electrons. The number of amides is 2. The number of sulfonamides is 1. The normalized spacial score (nSPS) is 22.1. The van der Waals surface area contributed by atoms with Crippen LogP contribution in [-0.2, 0) is 15.4 Å². The molecule has 4 fully saturated rings. The molecule has 0 unspecified atom stereocenters. The van der Waals surface area contributed by atoms with Crippen molar-refractivity contribution in [1.29, 1.82) is 5.26 Å². The summed E-state index contributed by atoms with van der Waals surface area (Å²) >= 11 is 1.23. The largest absolute Gasteiger partial charge is 0.366 e. The van der Waals surface area contributed by atoms with Crippen LogP contribution in [0, 0.1) is 11.3 Å². The van der Waals surface area contributed by atoms with Crippen LogP contribution in [0.2, 0.25) is 0 Å². The summed E-state index contributed by atoms with van der Waals surface area (Å²) in [4.78, 5) is 21.6. The van der Waals surface area contributed by atoms with Crippen LogP contribution in [0.3, 0.4) is 0 Å². The van der Waals surface area contributed by atoms with E-state index in [4.69, 9.17) is 0 Å². The van der Waals surface area contributed by atoms with E-state index in [1.807, 2.05) is 4.90 Å². The molecule has 17 heteroatoms. The third-order valence-corrected chi connectivity index (χ3v) is 11.0. The maximum Gasteiger partial charge on any atom is 0.320 e. The van der Waals surface area contributed by atoms with E-state index >= 15 is 0 Å². The van der Waals surface area contributed by atoms with Gasteiger partial charge in [0.2, 0.25) is 10.0 Å². The number of aromatic nitrogens is 4. The van der Waals surface area contributed by atoms with E-state index in [9.17, 15) is 31.6 Å². The Morgan fingerprint density at radius 2 is 1.81 bits per heavy atom. The fourth-order valence-corrected chi connectivity index (χ4v) is 7.85. The van der Waals surface area contributed by atoms with E-state index in [1.165, 1.54) is 28.5 Å². The summed E-state index contributed by atoms with van der Waals surface area (Å²) in [5.74, 6) is -2.51. The first kappa shape index (κ1) is 27.3. The number of piperazine rings is 1. The van der Waals surface area contributed by atoms with Gasteiger partial charge in [-0.1, -0.05) is 11.3 Å². The lowest BCUT2D eigenvalue weighted by atomic mass is 10.1. The van der Waals surface area contributed by atoms with Gasteiger partial charge in [0.25, 0.3) is 5.92 Å². The fourth-order valence-electron chi connectivity index (χ4n) is 5.36. The van der Waals surface area contributed by atoms with Crippen molar-refractivity contribution in [1.82, 2.24) is 34.1 Å². The third-order valence-electron chi connectivity index (χ3n) is 8.36. The van der Waals surface area contributed by atoms with Crippen molar-refractivity contribution in [3.8, 4) is 16.9 Å². The van der Waals surface area contributed by atoms with Crippen molar-refractivity contribution in [2.45, 2.75) is 47.5 Å². The second kappa shape index (κ2) is 9.25. The van der Waals surface area contributed by atoms with E-state index in [0.29, 0.717) is 65.8 Å². The molecule has 2 amide bonds. The highest BCUT2D eigenvalue weighted by molar-refractivity contribution is 7.89. The van der Waals surface area contributed by atoms with Gasteiger partial charge in [0.05, 0.1) is 42.1 Å². The van der Waals surface area contributed by atoms with Crippen LogP contribution in [0.15, 0.2) is 23.4 Å². The Balaban J connectivity index is 1.22. The molecule has 222 valence electrons. The molecule has 5 heterocycles. The van der Waals surface area contributed by atoms with Crippen LogP contribution in [0.1, 0.15) is 30.7 Å². The van der Waals surface area contributed by atoms with Gasteiger partial charge >= 0.3 is 6.03 Å². The van der Waals surface area contributed by atoms with Crippen molar-refractivity contribution in [2.24, 2.45) is 0 Å². The molecular weight excluding hydrogens is 595 g/mol. The molecule has 7 rings (SSSR count). The molecular formula is C25H26F3N9O3S2. The molecule has 1 N–H and O–H groups in total. The average Bonchev–Trinajstić information content (AvgIpc) is 3.82. The molecule has 0 spiro atoms. The van der Waals surface area contributed by atoms with Crippen LogP contribution in [0.25, 0.3) is 16.3 Å². The topological polar surface area (TPSA) is 140 Å². The Morgan fingerprint density at radius 3 is 2.40 bits per heavy atom. The maximum absolute atomic E-state index is 13.6. The van der Waals surface area contributed by atoms with Gasteiger partial charge in [-0.25, -0.2) is 36.1 Å². The van der Waals surface area contributed by atoms with Crippen molar-refractivity contribution in [3.63, 3.8) is 0 Å². The Kier molecular flexibility index (Phi) is 6.03. The van der Waals surface area contributed by atoms with Gasteiger partial charge in [-0.15, -0.1) is 10.2 Å². The first-order valence-corrected chi connectivity index (χ1v) is 15.8. The van der Waals surface area contributed by atoms with Crippen LogP contribution in [0.4, 0.5) is 23.7 Å². The predicted octanol–water partition coefficient (Wildman–Crippen LogP) is 2.38. The first-order chi connectivity index (χ1) is 20.0. The number of nitrogens with one attached hydrogen (secondary N) is 1. The predicted molar refractivity (Wildman–Crippen MR) is 145 cm³/mol. The van der Waals surface area contributed by atoms with E-state index in [2.05, 4.69) is 26.0 Å². The maximum atomic E-state index is 13.6. The number of halogens is 3. The van der Waals surface area contributed by atoms with E-state index < -0.39 is 52.7 Å². The van der Waals surface area contributed by atoms with Gasteiger partial charge in [0.15, 0.2) is 10.8 Å². The molecule has 3 aromatic rings. The number of nitrogens with zero attached hydrogens (tertiary/aromatic N) is 8. The van der Waals surface area contributed by atoms with E-state index in [-0.39, 0.29) is 18.0 Å². The summed E-state index contributed by atoms with van der Waals surface area (Å²) in [7, 11) is -4.13. The summed E-state index contributed by atoms with van der Waals surface area (Å²) in [5, 5.41) is 19.0. The Bertz CT molecular complexity index is 1730. The summed E-state index contributed by atoms with van der Waals surface area (Å²) in [6.45, 7) is -0.849. The summed E-state index contributed by atoms with van der Waals surface area (Å²) in [6.07, 6.45) is 5.21. The number of likely N-dealkylation sites (tertiary alicyclic amines) is 1. The van der Waals surface area contributed by atoms with Crippen LogP contribution in [0.5, 0.6) is 0 Å². The van der Waals surface area contributed by atoms with Gasteiger partial charge in [-0.05, 0) is 31.7 Å². The molecule has 2 saturated heterocycles. The van der Waals surface area contributed by atoms with Gasteiger partial charge in [-0.2, -0.15) is 5.26 Å². The number of anilines is 1. The zero-order chi connectivity index (χ0) is 29.5. The number of hydrogen-bond acceptors (Lipinski definition) is 9. The monoisotopic (exact) mass is 621 g/mol. The van der Waals surface area contributed by atoms with E-state index in [1.54, 1.807) is 10.6 Å². The van der Waals surface area contributed by atoms with Crippen LogP contribution >= 0.6 is 11.3 Å². The number of pyridine rings is 1. The number of rotatable bonds is 7. The zero-order valence-corrected chi connectivity index (χ0v) is 23.9. The van der Waals surface area contributed by atoms with Gasteiger partial charge in [-0.3, -0.25) is 4.40 Å². The quantitative estimate of drug-likeness (QED) is 0.424. The molecule has 2 aliphatic heterocycles. The molecule has 0 bridgehead atoms. The summed E-state index contributed by atoms with van der Waals surface area (Å²) in [6, 6.07) is 3.35. The number of nitriles is 1. The second-order valence-corrected chi connectivity index (χ2v) is 14.2. The SMILES string of the molecule is N#CC1(c2nnc(-c3ncc4c(N5CCN(C(=O)N6CC(F)(F)C6)CC5)cc(S(=O)(=O)NC5(CF)CC5)cn34)s2)CC1. The number of carbonyl (C=O) groups excluding carboxylic acids is 1. The third kappa shape index (κ3) is 4.56. The number of hydrogen-bond donors (Lipinski definition) is 1. The lowest BCUT2D eigenvalue weighted by Crippen LogP contribution is -2.63. The highest BCUT2D eigenvalue weighted by Gasteiger charge is 2.49. The standard InChI is InChI=1S/C25H26F3N9O3S2/c26-12-24(3-4-24)33-42(39,40)16-9-17(34-5-7-35(8-6-34)22(38)36-14-25(27,28)15-36)18-10-30-19(37(18)11-16)20-31-32-21(41-20)23(13-29)1-2-23/h9-11,33H,1-8,12,14-15H2. The lowest BCUT2D eigenvalue weighted by molar-refractivity contribution is -0.114. The van der Waals surface area contributed by atoms with Crippen molar-refractivity contribution < 1.29 is 26.4 Å². The Hall–Kier alpha value is -3.49. The minimum absolute atomic E-state index is 0.0919. The zero-order valence-electron chi connectivity index (χ0n) is 22.3. The highest BCUT2D eigenvalue weighted by atomic mass is 32.2. The molecule has 0 atom stereocenters. The minimum Gasteiger partial charge on any atom is -0.366 e.